The maximum absolute atomic E-state index is 11.9. The van der Waals surface area contributed by atoms with Gasteiger partial charge < -0.3 is 20.5 Å². The van der Waals surface area contributed by atoms with Gasteiger partial charge in [-0.05, 0) is 41.7 Å². The summed E-state index contributed by atoms with van der Waals surface area (Å²) in [5, 5.41) is 14.2. The Hall–Kier alpha value is -3.02. The number of carboxylic acid groups (broad SMARTS) is 1. The molecule has 0 spiro atoms. The fourth-order valence-electron chi connectivity index (χ4n) is 2.55. The molecule has 0 aliphatic carbocycles. The molecule has 0 aliphatic rings. The summed E-state index contributed by atoms with van der Waals surface area (Å²) in [6, 6.07) is 12.0. The van der Waals surface area contributed by atoms with Gasteiger partial charge in [0.1, 0.15) is 5.75 Å². The van der Waals surface area contributed by atoms with Crippen LogP contribution in [-0.4, -0.2) is 23.8 Å². The highest BCUT2D eigenvalue weighted by atomic mass is 16.5. The Labute approximate surface area is 159 Å². The van der Waals surface area contributed by atoms with Crippen molar-refractivity contribution in [1.29, 1.82) is 0 Å². The van der Waals surface area contributed by atoms with E-state index in [1.165, 1.54) is 12.1 Å². The van der Waals surface area contributed by atoms with E-state index in [0.717, 1.165) is 22.4 Å². The molecular formula is C21H26N2O4. The van der Waals surface area contributed by atoms with Gasteiger partial charge >= 0.3 is 12.0 Å². The largest absolute Gasteiger partial charge is 0.478 e. The van der Waals surface area contributed by atoms with Crippen molar-refractivity contribution in [2.45, 2.75) is 39.7 Å². The second-order valence-corrected chi connectivity index (χ2v) is 7.40. The molecule has 0 unspecified atom stereocenters. The van der Waals surface area contributed by atoms with Gasteiger partial charge in [0.15, 0.2) is 6.73 Å². The normalized spacial score (nSPS) is 11.0. The molecule has 6 heteroatoms. The highest BCUT2D eigenvalue weighted by Gasteiger charge is 2.19. The van der Waals surface area contributed by atoms with Crippen LogP contribution in [0, 0.1) is 6.92 Å². The first-order chi connectivity index (χ1) is 12.7. The number of carboxylic acids is 1. The molecule has 0 saturated heterocycles. The van der Waals surface area contributed by atoms with Crippen molar-refractivity contribution in [3.05, 3.63) is 64.7 Å². The Balaban J connectivity index is 1.84. The number of ether oxygens (including phenoxy) is 1. The number of amides is 2. The molecule has 2 rings (SSSR count). The van der Waals surface area contributed by atoms with E-state index in [1.54, 1.807) is 12.1 Å². The minimum atomic E-state index is -0.977. The summed E-state index contributed by atoms with van der Waals surface area (Å²) in [7, 11) is 0. The summed E-state index contributed by atoms with van der Waals surface area (Å²) in [4.78, 5) is 22.7. The van der Waals surface area contributed by atoms with E-state index in [2.05, 4.69) is 37.5 Å². The van der Waals surface area contributed by atoms with Crippen molar-refractivity contribution in [1.82, 2.24) is 10.6 Å². The zero-order valence-corrected chi connectivity index (χ0v) is 16.1. The van der Waals surface area contributed by atoms with E-state index >= 15 is 0 Å². The highest BCUT2D eigenvalue weighted by Crippen LogP contribution is 2.31. The molecule has 27 heavy (non-hydrogen) atoms. The molecule has 0 bridgehead atoms. The predicted molar refractivity (Wildman–Crippen MR) is 104 cm³/mol. The minimum absolute atomic E-state index is 0.0515. The molecule has 3 N–H and O–H groups in total. The maximum Gasteiger partial charge on any atom is 0.335 e. The Morgan fingerprint density at radius 3 is 2.30 bits per heavy atom. The van der Waals surface area contributed by atoms with Crippen LogP contribution in [0.15, 0.2) is 42.5 Å². The lowest BCUT2D eigenvalue weighted by Crippen LogP contribution is -2.37. The number of benzene rings is 2. The molecular weight excluding hydrogens is 344 g/mol. The molecule has 144 valence electrons. The summed E-state index contributed by atoms with van der Waals surface area (Å²) in [5.41, 5.74) is 3.20. The summed E-state index contributed by atoms with van der Waals surface area (Å²) in [6.07, 6.45) is 0. The molecule has 0 aromatic heterocycles. The topological polar surface area (TPSA) is 87.7 Å². The van der Waals surface area contributed by atoms with Crippen molar-refractivity contribution in [3.8, 4) is 5.75 Å². The molecule has 2 aromatic rings. The zero-order valence-electron chi connectivity index (χ0n) is 16.1. The quantitative estimate of drug-likeness (QED) is 0.675. The fraction of sp³-hybridized carbons (Fsp3) is 0.333. The SMILES string of the molecule is Cc1ccc(OCNC(=O)NCc2ccc(C(=O)O)cc2)c(C(C)(C)C)c1. The zero-order chi connectivity index (χ0) is 20.0. The maximum atomic E-state index is 11.9. The van der Waals surface area contributed by atoms with Gasteiger partial charge in [0.25, 0.3) is 0 Å². The molecule has 0 aliphatic heterocycles. The first kappa shape index (κ1) is 20.3. The standard InChI is InChI=1S/C21H26N2O4/c1-14-5-10-18(17(11-14)21(2,3)4)27-13-23-20(26)22-12-15-6-8-16(9-7-15)19(24)25/h5-11H,12-13H2,1-4H3,(H,24,25)(H2,22,23,26). The summed E-state index contributed by atoms with van der Waals surface area (Å²) >= 11 is 0. The van der Waals surface area contributed by atoms with Gasteiger partial charge in [0.2, 0.25) is 0 Å². The predicted octanol–water partition coefficient (Wildman–Crippen LogP) is 3.83. The highest BCUT2D eigenvalue weighted by molar-refractivity contribution is 5.87. The molecule has 6 nitrogen and oxygen atoms in total. The van der Waals surface area contributed by atoms with Gasteiger partial charge in [-0.2, -0.15) is 0 Å². The molecule has 2 amide bonds. The summed E-state index contributed by atoms with van der Waals surface area (Å²) in [5.74, 6) is -0.229. The van der Waals surface area contributed by atoms with E-state index in [4.69, 9.17) is 9.84 Å². The third-order valence-corrected chi connectivity index (χ3v) is 4.06. The Morgan fingerprint density at radius 1 is 1.04 bits per heavy atom. The van der Waals surface area contributed by atoms with Crippen LogP contribution in [-0.2, 0) is 12.0 Å². The van der Waals surface area contributed by atoms with E-state index in [9.17, 15) is 9.59 Å². The number of nitrogens with one attached hydrogen (secondary N) is 2. The number of hydrogen-bond donors (Lipinski definition) is 3. The third kappa shape index (κ3) is 6.02. The van der Waals surface area contributed by atoms with Gasteiger partial charge in [-0.3, -0.25) is 0 Å². The van der Waals surface area contributed by atoms with Crippen LogP contribution in [0.4, 0.5) is 4.79 Å². The second kappa shape index (κ2) is 8.58. The number of rotatable bonds is 6. The third-order valence-electron chi connectivity index (χ3n) is 4.06. The lowest BCUT2D eigenvalue weighted by atomic mass is 9.85. The van der Waals surface area contributed by atoms with Gasteiger partial charge in [-0.25, -0.2) is 9.59 Å². The monoisotopic (exact) mass is 370 g/mol. The lowest BCUT2D eigenvalue weighted by molar-refractivity contribution is 0.0697. The summed E-state index contributed by atoms with van der Waals surface area (Å²) in [6.45, 7) is 8.73. The van der Waals surface area contributed by atoms with Crippen molar-refractivity contribution in [2.75, 3.05) is 6.73 Å². The molecule has 0 radical (unpaired) electrons. The molecule has 0 fully saturated rings. The Kier molecular flexibility index (Phi) is 6.45. The van der Waals surface area contributed by atoms with Crippen LogP contribution in [0.1, 0.15) is 47.8 Å². The Bertz CT molecular complexity index is 808. The van der Waals surface area contributed by atoms with Crippen LogP contribution in [0.25, 0.3) is 0 Å². The second-order valence-electron chi connectivity index (χ2n) is 7.40. The van der Waals surface area contributed by atoms with Crippen molar-refractivity contribution in [2.24, 2.45) is 0 Å². The average molecular weight is 370 g/mol. The van der Waals surface area contributed by atoms with Crippen LogP contribution < -0.4 is 15.4 Å². The van der Waals surface area contributed by atoms with Crippen LogP contribution in [0.2, 0.25) is 0 Å². The minimum Gasteiger partial charge on any atom is -0.478 e. The van der Waals surface area contributed by atoms with Crippen LogP contribution in [0.3, 0.4) is 0 Å². The first-order valence-electron chi connectivity index (χ1n) is 8.74. The van der Waals surface area contributed by atoms with E-state index in [0.29, 0.717) is 6.54 Å². The lowest BCUT2D eigenvalue weighted by Gasteiger charge is -2.23. The molecule has 0 saturated carbocycles. The molecule has 0 atom stereocenters. The molecule has 2 aromatic carbocycles. The van der Waals surface area contributed by atoms with E-state index in [-0.39, 0.29) is 23.7 Å². The summed E-state index contributed by atoms with van der Waals surface area (Å²) < 4.78 is 5.75. The van der Waals surface area contributed by atoms with E-state index < -0.39 is 5.97 Å². The number of aromatic carboxylic acids is 1. The smallest absolute Gasteiger partial charge is 0.335 e. The van der Waals surface area contributed by atoms with Crippen molar-refractivity contribution in [3.63, 3.8) is 0 Å². The number of aryl methyl sites for hydroxylation is 1. The van der Waals surface area contributed by atoms with Crippen LogP contribution in [0.5, 0.6) is 5.75 Å². The van der Waals surface area contributed by atoms with Crippen molar-refractivity contribution >= 4 is 12.0 Å². The van der Waals surface area contributed by atoms with Gasteiger partial charge in [0.05, 0.1) is 5.56 Å². The number of carbonyl (C=O) groups excluding carboxylic acids is 1. The first-order valence-corrected chi connectivity index (χ1v) is 8.74. The van der Waals surface area contributed by atoms with E-state index in [1.807, 2.05) is 19.1 Å². The van der Waals surface area contributed by atoms with Gasteiger partial charge in [-0.15, -0.1) is 0 Å². The number of hydrogen-bond acceptors (Lipinski definition) is 3. The number of carbonyl (C=O) groups is 2. The molecule has 0 heterocycles. The van der Waals surface area contributed by atoms with Crippen molar-refractivity contribution < 1.29 is 19.4 Å². The van der Waals surface area contributed by atoms with Gasteiger partial charge in [0, 0.05) is 6.54 Å². The number of urea groups is 1. The average Bonchev–Trinajstić information content (AvgIpc) is 2.60. The fourth-order valence-corrected chi connectivity index (χ4v) is 2.55. The Morgan fingerprint density at radius 2 is 1.70 bits per heavy atom. The van der Waals surface area contributed by atoms with Gasteiger partial charge in [-0.1, -0.05) is 50.6 Å². The van der Waals surface area contributed by atoms with Crippen LogP contribution >= 0.6 is 0 Å².